The van der Waals surface area contributed by atoms with Crippen molar-refractivity contribution in [1.29, 1.82) is 0 Å². The molecular formula is C13H17ClN2OS. The second-order valence-electron chi connectivity index (χ2n) is 5.22. The second kappa shape index (κ2) is 5.17. The van der Waals surface area contributed by atoms with Crippen LogP contribution in [0, 0.1) is 5.92 Å². The van der Waals surface area contributed by atoms with E-state index in [1.807, 2.05) is 0 Å². The molecule has 2 heterocycles. The normalized spacial score (nSPS) is 24.9. The van der Waals surface area contributed by atoms with Gasteiger partial charge in [0.25, 0.3) is 0 Å². The van der Waals surface area contributed by atoms with Gasteiger partial charge in [-0.2, -0.15) is 0 Å². The summed E-state index contributed by atoms with van der Waals surface area (Å²) in [5.74, 6) is 0.815. The van der Waals surface area contributed by atoms with Crippen LogP contribution in [0.15, 0.2) is 0 Å². The Hall–Kier alpha value is -0.610. The van der Waals surface area contributed by atoms with E-state index < -0.39 is 0 Å². The zero-order valence-electron chi connectivity index (χ0n) is 10.3. The molecule has 0 amide bonds. The molecule has 0 aromatic carbocycles. The molecule has 98 valence electrons. The maximum absolute atomic E-state index is 10.9. The molecule has 1 saturated carbocycles. The van der Waals surface area contributed by atoms with Gasteiger partial charge in [-0.3, -0.25) is 4.79 Å². The number of thiazole rings is 1. The van der Waals surface area contributed by atoms with Crippen molar-refractivity contribution in [2.24, 2.45) is 5.92 Å². The first-order chi connectivity index (χ1) is 8.79. The summed E-state index contributed by atoms with van der Waals surface area (Å²) in [6.45, 7) is 1.06. The third-order valence-electron chi connectivity index (χ3n) is 4.19. The van der Waals surface area contributed by atoms with Gasteiger partial charge >= 0.3 is 0 Å². The van der Waals surface area contributed by atoms with Crippen molar-refractivity contribution in [3.8, 4) is 0 Å². The Morgan fingerprint density at radius 1 is 1.28 bits per heavy atom. The molecule has 1 atom stereocenters. The summed E-state index contributed by atoms with van der Waals surface area (Å²) in [4.78, 5) is 18.2. The van der Waals surface area contributed by atoms with Crippen LogP contribution in [0.3, 0.4) is 0 Å². The lowest BCUT2D eigenvalue weighted by Gasteiger charge is -2.28. The minimum atomic E-state index is 0.363. The monoisotopic (exact) mass is 284 g/mol. The minimum Gasteiger partial charge on any atom is -0.345 e. The lowest BCUT2D eigenvalue weighted by Crippen LogP contribution is -2.34. The summed E-state index contributed by atoms with van der Waals surface area (Å²) in [5, 5.41) is 1.30. The van der Waals surface area contributed by atoms with Gasteiger partial charge in [-0.1, -0.05) is 35.8 Å². The fourth-order valence-corrected chi connectivity index (χ4v) is 4.51. The number of anilines is 1. The third kappa shape index (κ3) is 2.16. The van der Waals surface area contributed by atoms with Gasteiger partial charge < -0.3 is 4.90 Å². The molecule has 1 saturated heterocycles. The molecule has 2 fully saturated rings. The van der Waals surface area contributed by atoms with Crippen LogP contribution in [-0.4, -0.2) is 23.9 Å². The Labute approximate surface area is 116 Å². The maximum Gasteiger partial charge on any atom is 0.187 e. The van der Waals surface area contributed by atoms with Crippen LogP contribution in [-0.2, 0) is 0 Å². The minimum absolute atomic E-state index is 0.363. The van der Waals surface area contributed by atoms with Crippen molar-refractivity contribution in [1.82, 2.24) is 4.98 Å². The third-order valence-corrected chi connectivity index (χ3v) is 5.61. The second-order valence-corrected chi connectivity index (χ2v) is 6.58. The summed E-state index contributed by atoms with van der Waals surface area (Å²) >= 11 is 7.41. The van der Waals surface area contributed by atoms with Crippen molar-refractivity contribution in [3.05, 3.63) is 10.0 Å². The summed E-state index contributed by atoms with van der Waals surface area (Å²) in [6.07, 6.45) is 8.74. The first kappa shape index (κ1) is 12.4. The average molecular weight is 285 g/mol. The number of rotatable bonds is 3. The topological polar surface area (TPSA) is 33.2 Å². The number of hydrogen-bond donors (Lipinski definition) is 0. The lowest BCUT2D eigenvalue weighted by atomic mass is 9.96. The Bertz CT molecular complexity index is 442. The van der Waals surface area contributed by atoms with Crippen LogP contribution in [0.25, 0.3) is 0 Å². The molecule has 2 aliphatic rings. The van der Waals surface area contributed by atoms with Gasteiger partial charge in [-0.05, 0) is 31.6 Å². The number of hydrogen-bond acceptors (Lipinski definition) is 4. The van der Waals surface area contributed by atoms with Gasteiger partial charge in [-0.25, -0.2) is 4.98 Å². The molecule has 0 bridgehead atoms. The van der Waals surface area contributed by atoms with Crippen molar-refractivity contribution >= 4 is 34.4 Å². The SMILES string of the molecule is O=Cc1sc(N2CCCC2C2CCCC2)nc1Cl. The molecule has 1 unspecified atom stereocenters. The highest BCUT2D eigenvalue weighted by molar-refractivity contribution is 7.17. The van der Waals surface area contributed by atoms with Crippen molar-refractivity contribution < 1.29 is 4.79 Å². The van der Waals surface area contributed by atoms with E-state index >= 15 is 0 Å². The smallest absolute Gasteiger partial charge is 0.187 e. The molecule has 0 N–H and O–H groups in total. The van der Waals surface area contributed by atoms with Crippen LogP contribution < -0.4 is 4.90 Å². The fraction of sp³-hybridized carbons (Fsp3) is 0.692. The molecule has 0 spiro atoms. The predicted octanol–water partition coefficient (Wildman–Crippen LogP) is 3.77. The molecule has 1 aromatic rings. The zero-order valence-corrected chi connectivity index (χ0v) is 11.8. The van der Waals surface area contributed by atoms with E-state index in [1.165, 1.54) is 49.9 Å². The van der Waals surface area contributed by atoms with Crippen LogP contribution in [0.1, 0.15) is 48.2 Å². The van der Waals surface area contributed by atoms with Gasteiger partial charge in [0, 0.05) is 12.6 Å². The van der Waals surface area contributed by atoms with E-state index in [9.17, 15) is 4.79 Å². The van der Waals surface area contributed by atoms with Gasteiger partial charge in [-0.15, -0.1) is 0 Å². The van der Waals surface area contributed by atoms with E-state index in [2.05, 4.69) is 9.88 Å². The molecule has 3 nitrogen and oxygen atoms in total. The average Bonchev–Trinajstić information content (AvgIpc) is 3.08. The molecule has 1 aromatic heterocycles. The van der Waals surface area contributed by atoms with Crippen LogP contribution in [0.2, 0.25) is 5.15 Å². The Morgan fingerprint density at radius 3 is 2.72 bits per heavy atom. The van der Waals surface area contributed by atoms with Gasteiger partial charge in [0.15, 0.2) is 16.6 Å². The fourth-order valence-electron chi connectivity index (χ4n) is 3.36. The van der Waals surface area contributed by atoms with E-state index in [1.54, 1.807) is 0 Å². The summed E-state index contributed by atoms with van der Waals surface area (Å²) in [6, 6.07) is 0.620. The van der Waals surface area contributed by atoms with Gasteiger partial charge in [0.05, 0.1) is 0 Å². The van der Waals surface area contributed by atoms with E-state index in [0.29, 0.717) is 16.1 Å². The van der Waals surface area contributed by atoms with Crippen LogP contribution in [0.4, 0.5) is 5.13 Å². The maximum atomic E-state index is 10.9. The van der Waals surface area contributed by atoms with Gasteiger partial charge in [0.2, 0.25) is 0 Å². The molecule has 18 heavy (non-hydrogen) atoms. The number of carbonyl (C=O) groups excluding carboxylic acids is 1. The van der Waals surface area contributed by atoms with Crippen molar-refractivity contribution in [2.45, 2.75) is 44.6 Å². The molecule has 1 aliphatic heterocycles. The van der Waals surface area contributed by atoms with Gasteiger partial charge in [0.1, 0.15) is 4.88 Å². The molecular weight excluding hydrogens is 268 g/mol. The number of aldehydes is 1. The zero-order chi connectivity index (χ0) is 12.5. The molecule has 0 radical (unpaired) electrons. The Balaban J connectivity index is 1.82. The highest BCUT2D eigenvalue weighted by Crippen LogP contribution is 2.39. The molecule has 1 aliphatic carbocycles. The van der Waals surface area contributed by atoms with Crippen LogP contribution in [0.5, 0.6) is 0 Å². The lowest BCUT2D eigenvalue weighted by molar-refractivity contribution is 0.112. The Morgan fingerprint density at radius 2 is 2.06 bits per heavy atom. The summed E-state index contributed by atoms with van der Waals surface area (Å²) < 4.78 is 0. The number of aromatic nitrogens is 1. The highest BCUT2D eigenvalue weighted by Gasteiger charge is 2.35. The highest BCUT2D eigenvalue weighted by atomic mass is 35.5. The van der Waals surface area contributed by atoms with E-state index in [-0.39, 0.29) is 0 Å². The summed E-state index contributed by atoms with van der Waals surface area (Å²) in [5.41, 5.74) is 0. The van der Waals surface area contributed by atoms with E-state index in [4.69, 9.17) is 11.6 Å². The van der Waals surface area contributed by atoms with Crippen molar-refractivity contribution in [2.75, 3.05) is 11.4 Å². The molecule has 5 heteroatoms. The quantitative estimate of drug-likeness (QED) is 0.792. The number of carbonyl (C=O) groups is 1. The van der Waals surface area contributed by atoms with Crippen LogP contribution >= 0.6 is 22.9 Å². The van der Waals surface area contributed by atoms with E-state index in [0.717, 1.165) is 23.9 Å². The number of halogens is 1. The standard InChI is InChI=1S/C13H17ClN2OS/c14-12-11(8-17)18-13(15-12)16-7-3-6-10(16)9-4-1-2-5-9/h8-10H,1-7H2. The first-order valence-corrected chi connectivity index (χ1v) is 7.87. The van der Waals surface area contributed by atoms with Crippen molar-refractivity contribution in [3.63, 3.8) is 0 Å². The summed E-state index contributed by atoms with van der Waals surface area (Å²) in [7, 11) is 0. The predicted molar refractivity (Wildman–Crippen MR) is 74.8 cm³/mol. The molecule has 3 rings (SSSR count). The Kier molecular flexibility index (Phi) is 3.57. The first-order valence-electron chi connectivity index (χ1n) is 6.67. The largest absolute Gasteiger partial charge is 0.345 e. The number of nitrogens with zero attached hydrogens (tertiary/aromatic N) is 2.